The first kappa shape index (κ1) is 17.4. The number of aromatic nitrogens is 2. The maximum absolute atomic E-state index is 4.64. The van der Waals surface area contributed by atoms with Gasteiger partial charge >= 0.3 is 0 Å². The van der Waals surface area contributed by atoms with Gasteiger partial charge in [-0.25, -0.2) is 0 Å². The van der Waals surface area contributed by atoms with Crippen molar-refractivity contribution in [1.82, 2.24) is 20.4 Å². The van der Waals surface area contributed by atoms with Gasteiger partial charge in [-0.15, -0.1) is 0 Å². The molecule has 3 aliphatic rings. The number of fused-ring (bicyclic) bond motifs is 5. The number of hydrogen-bond acceptors (Lipinski definition) is 3. The molecule has 3 heterocycles. The van der Waals surface area contributed by atoms with Crippen LogP contribution in [0.5, 0.6) is 0 Å². The summed E-state index contributed by atoms with van der Waals surface area (Å²) in [6, 6.07) is 19.9. The minimum absolute atomic E-state index is 0.663. The van der Waals surface area contributed by atoms with Crippen LogP contribution < -0.4 is 5.32 Å². The summed E-state index contributed by atoms with van der Waals surface area (Å²) in [7, 11) is 2.31. The predicted octanol–water partition coefficient (Wildman–Crippen LogP) is 4.36. The maximum atomic E-state index is 4.64. The van der Waals surface area contributed by atoms with Crippen molar-refractivity contribution >= 4 is 0 Å². The number of nitrogens with zero attached hydrogens (tertiary/aromatic N) is 2. The molecule has 2 bridgehead atoms. The highest BCUT2D eigenvalue weighted by molar-refractivity contribution is 5.80. The molecule has 2 aromatic carbocycles. The topological polar surface area (TPSA) is 44.0 Å². The second kappa shape index (κ2) is 6.82. The number of H-pyrrole nitrogens is 1. The minimum atomic E-state index is 0.663. The van der Waals surface area contributed by atoms with Crippen LogP contribution in [0.25, 0.3) is 22.5 Å². The van der Waals surface area contributed by atoms with Gasteiger partial charge in [0, 0.05) is 47.8 Å². The van der Waals surface area contributed by atoms with E-state index in [1.807, 2.05) is 0 Å². The second-order valence-corrected chi connectivity index (χ2v) is 9.06. The predicted molar refractivity (Wildman–Crippen MR) is 117 cm³/mol. The molecule has 2 fully saturated rings. The molecule has 1 aromatic heterocycles. The van der Waals surface area contributed by atoms with Crippen molar-refractivity contribution in [2.75, 3.05) is 7.05 Å². The van der Waals surface area contributed by atoms with Crippen LogP contribution in [0.15, 0.2) is 48.5 Å². The van der Waals surface area contributed by atoms with Crippen molar-refractivity contribution in [2.45, 2.75) is 56.8 Å². The van der Waals surface area contributed by atoms with E-state index in [2.05, 4.69) is 76.0 Å². The SMILES string of the molecule is CN1C2CCC1CC(NCc1ccc(-c3n[nH]c4c3Cc3ccccc3-4)cc1)C2. The van der Waals surface area contributed by atoms with E-state index in [9.17, 15) is 0 Å². The third kappa shape index (κ3) is 2.93. The smallest absolute Gasteiger partial charge is 0.0962 e. The number of piperidine rings is 1. The zero-order chi connectivity index (χ0) is 19.4. The van der Waals surface area contributed by atoms with Crippen LogP contribution in [0.3, 0.4) is 0 Å². The molecule has 0 saturated carbocycles. The molecule has 0 amide bonds. The quantitative estimate of drug-likeness (QED) is 0.549. The van der Waals surface area contributed by atoms with Gasteiger partial charge in [0.05, 0.1) is 11.4 Å². The highest BCUT2D eigenvalue weighted by Crippen LogP contribution is 2.40. The highest BCUT2D eigenvalue weighted by Gasteiger charge is 2.38. The summed E-state index contributed by atoms with van der Waals surface area (Å²) in [6.07, 6.45) is 6.33. The molecule has 2 atom stereocenters. The Kier molecular flexibility index (Phi) is 4.10. The van der Waals surface area contributed by atoms with Crippen molar-refractivity contribution in [2.24, 2.45) is 0 Å². The van der Waals surface area contributed by atoms with Crippen LogP contribution in [0.2, 0.25) is 0 Å². The Morgan fingerprint density at radius 3 is 2.59 bits per heavy atom. The average Bonchev–Trinajstić information content (AvgIpc) is 3.36. The van der Waals surface area contributed by atoms with Crippen LogP contribution in [0.4, 0.5) is 0 Å². The fraction of sp³-hybridized carbons (Fsp3) is 0.400. The van der Waals surface area contributed by atoms with Gasteiger partial charge in [-0.1, -0.05) is 48.5 Å². The second-order valence-electron chi connectivity index (χ2n) is 9.06. The number of aromatic amines is 1. The Balaban J connectivity index is 1.15. The molecule has 148 valence electrons. The lowest BCUT2D eigenvalue weighted by atomic mass is 9.97. The third-order valence-electron chi connectivity index (χ3n) is 7.44. The van der Waals surface area contributed by atoms with Gasteiger partial charge in [0.15, 0.2) is 0 Å². The molecule has 2 saturated heterocycles. The molecule has 2 unspecified atom stereocenters. The standard InChI is InChI=1S/C25H28N4/c1-29-20-10-11-21(29)14-19(13-20)26-15-16-6-8-17(9-7-16)24-23-12-18-4-2-3-5-22(18)25(23)28-27-24/h2-9,19-21,26H,10-15H2,1H3,(H,27,28). The van der Waals surface area contributed by atoms with Crippen molar-refractivity contribution < 1.29 is 0 Å². The number of rotatable bonds is 4. The van der Waals surface area contributed by atoms with Crippen molar-refractivity contribution in [3.8, 4) is 22.5 Å². The lowest BCUT2D eigenvalue weighted by Gasteiger charge is -2.36. The van der Waals surface area contributed by atoms with Crippen LogP contribution in [0.1, 0.15) is 42.4 Å². The average molecular weight is 385 g/mol. The molecule has 3 aromatic rings. The van der Waals surface area contributed by atoms with Gasteiger partial charge in [0.1, 0.15) is 0 Å². The number of hydrogen-bond donors (Lipinski definition) is 2. The fourth-order valence-electron chi connectivity index (χ4n) is 5.73. The van der Waals surface area contributed by atoms with E-state index in [1.54, 1.807) is 0 Å². The molecular weight excluding hydrogens is 356 g/mol. The summed E-state index contributed by atoms with van der Waals surface area (Å²) in [5, 5.41) is 11.7. The molecule has 1 aliphatic carbocycles. The van der Waals surface area contributed by atoms with E-state index in [1.165, 1.54) is 59.2 Å². The van der Waals surface area contributed by atoms with E-state index >= 15 is 0 Å². The first-order chi connectivity index (χ1) is 14.3. The van der Waals surface area contributed by atoms with Gasteiger partial charge in [-0.05, 0) is 43.9 Å². The van der Waals surface area contributed by atoms with Crippen molar-refractivity contribution in [3.63, 3.8) is 0 Å². The summed E-state index contributed by atoms with van der Waals surface area (Å²) >= 11 is 0. The normalized spacial score (nSPS) is 25.2. The summed E-state index contributed by atoms with van der Waals surface area (Å²) in [4.78, 5) is 2.60. The maximum Gasteiger partial charge on any atom is 0.0962 e. The van der Waals surface area contributed by atoms with Crippen LogP contribution in [-0.2, 0) is 13.0 Å². The molecule has 29 heavy (non-hydrogen) atoms. The first-order valence-corrected chi connectivity index (χ1v) is 11.0. The molecular formula is C25H28N4. The lowest BCUT2D eigenvalue weighted by Crippen LogP contribution is -2.46. The Labute approximate surface area is 172 Å². The van der Waals surface area contributed by atoms with Crippen LogP contribution in [0, 0.1) is 0 Å². The highest BCUT2D eigenvalue weighted by atomic mass is 15.2. The fourth-order valence-corrected chi connectivity index (χ4v) is 5.73. The summed E-state index contributed by atoms with van der Waals surface area (Å²) in [5.74, 6) is 0. The van der Waals surface area contributed by atoms with E-state index in [0.717, 1.165) is 30.7 Å². The largest absolute Gasteiger partial charge is 0.310 e. The van der Waals surface area contributed by atoms with Gasteiger partial charge in [0.25, 0.3) is 0 Å². The monoisotopic (exact) mass is 384 g/mol. The molecule has 4 heteroatoms. The molecule has 2 aliphatic heterocycles. The Morgan fingerprint density at radius 1 is 1.03 bits per heavy atom. The van der Waals surface area contributed by atoms with Crippen molar-refractivity contribution in [1.29, 1.82) is 0 Å². The summed E-state index contributed by atoms with van der Waals surface area (Å²) in [6.45, 7) is 0.957. The van der Waals surface area contributed by atoms with E-state index in [0.29, 0.717) is 6.04 Å². The Bertz CT molecular complexity index is 1020. The molecule has 0 radical (unpaired) electrons. The van der Waals surface area contributed by atoms with Crippen molar-refractivity contribution in [3.05, 3.63) is 65.2 Å². The third-order valence-corrected chi connectivity index (χ3v) is 7.44. The zero-order valence-corrected chi connectivity index (χ0v) is 17.0. The summed E-state index contributed by atoms with van der Waals surface area (Å²) in [5.41, 5.74) is 8.88. The minimum Gasteiger partial charge on any atom is -0.310 e. The molecule has 0 spiro atoms. The molecule has 2 N–H and O–H groups in total. The number of nitrogens with one attached hydrogen (secondary N) is 2. The zero-order valence-electron chi connectivity index (χ0n) is 17.0. The first-order valence-electron chi connectivity index (χ1n) is 11.0. The van der Waals surface area contributed by atoms with Gasteiger partial charge in [-0.2, -0.15) is 5.10 Å². The van der Waals surface area contributed by atoms with Gasteiger partial charge < -0.3 is 10.2 Å². The van der Waals surface area contributed by atoms with Crippen LogP contribution >= 0.6 is 0 Å². The van der Waals surface area contributed by atoms with E-state index in [-0.39, 0.29) is 0 Å². The Morgan fingerprint density at radius 2 is 1.79 bits per heavy atom. The molecule has 4 nitrogen and oxygen atoms in total. The van der Waals surface area contributed by atoms with E-state index < -0.39 is 0 Å². The summed E-state index contributed by atoms with van der Waals surface area (Å²) < 4.78 is 0. The van der Waals surface area contributed by atoms with Crippen LogP contribution in [-0.4, -0.2) is 40.3 Å². The van der Waals surface area contributed by atoms with Gasteiger partial charge in [0.2, 0.25) is 0 Å². The Hall–Kier alpha value is -2.43. The van der Waals surface area contributed by atoms with Gasteiger partial charge in [-0.3, -0.25) is 5.10 Å². The lowest BCUT2D eigenvalue weighted by molar-refractivity contribution is 0.148. The number of benzene rings is 2. The molecule has 6 rings (SSSR count). The van der Waals surface area contributed by atoms with E-state index in [4.69, 9.17) is 0 Å².